The van der Waals surface area contributed by atoms with E-state index in [1.165, 1.54) is 12.8 Å². The Kier molecular flexibility index (Phi) is 2.52. The molecule has 13 heavy (non-hydrogen) atoms. The van der Waals surface area contributed by atoms with Gasteiger partial charge in [0, 0.05) is 25.8 Å². The predicted molar refractivity (Wildman–Crippen MR) is 49.1 cm³/mol. The first kappa shape index (κ1) is 8.98. The van der Waals surface area contributed by atoms with E-state index in [1.807, 2.05) is 0 Å². The average molecular weight is 180 g/mol. The Bertz CT molecular complexity index is 211. The number of hydrogen-bond donors (Lipinski definition) is 1. The third kappa shape index (κ3) is 2.20. The lowest BCUT2D eigenvalue weighted by Crippen LogP contribution is -2.38. The molecule has 1 aliphatic heterocycles. The molecule has 2 aliphatic rings. The molecule has 0 bridgehead atoms. The summed E-state index contributed by atoms with van der Waals surface area (Å²) in [6.07, 6.45) is 4.36. The number of nitrogens with zero attached hydrogens (tertiary/aromatic N) is 1. The van der Waals surface area contributed by atoms with Gasteiger partial charge in [-0.05, 0) is 25.7 Å². The Morgan fingerprint density at radius 1 is 1.38 bits per heavy atom. The van der Waals surface area contributed by atoms with Gasteiger partial charge in [-0.15, -0.1) is 0 Å². The molecule has 2 fully saturated rings. The van der Waals surface area contributed by atoms with Crippen LogP contribution >= 0.6 is 0 Å². The van der Waals surface area contributed by atoms with Crippen molar-refractivity contribution in [2.24, 2.45) is 5.41 Å². The van der Waals surface area contributed by atoms with Gasteiger partial charge in [0.05, 0.1) is 11.5 Å². The fourth-order valence-corrected chi connectivity index (χ4v) is 1.72. The summed E-state index contributed by atoms with van der Waals surface area (Å²) >= 11 is 0. The molecule has 1 saturated heterocycles. The molecular weight excluding hydrogens is 164 g/mol. The summed E-state index contributed by atoms with van der Waals surface area (Å²) in [5.41, 5.74) is -0.138. The second-order valence-electron chi connectivity index (χ2n) is 4.16. The molecule has 2 rings (SSSR count). The van der Waals surface area contributed by atoms with Crippen LogP contribution in [0.3, 0.4) is 0 Å². The van der Waals surface area contributed by atoms with E-state index in [0.29, 0.717) is 6.04 Å². The Labute approximate surface area is 79.1 Å². The summed E-state index contributed by atoms with van der Waals surface area (Å²) in [5.74, 6) is 0. The Morgan fingerprint density at radius 3 is 2.62 bits per heavy atom. The molecule has 0 unspecified atom stereocenters. The number of hydrogen-bond acceptors (Lipinski definition) is 3. The van der Waals surface area contributed by atoms with E-state index >= 15 is 0 Å². The van der Waals surface area contributed by atoms with Gasteiger partial charge >= 0.3 is 0 Å². The van der Waals surface area contributed by atoms with E-state index in [9.17, 15) is 0 Å². The zero-order chi connectivity index (χ0) is 9.15. The van der Waals surface area contributed by atoms with Crippen LogP contribution < -0.4 is 5.32 Å². The van der Waals surface area contributed by atoms with Crippen molar-refractivity contribution < 1.29 is 4.74 Å². The summed E-state index contributed by atoms with van der Waals surface area (Å²) < 4.78 is 5.27. The number of ether oxygens (including phenoxy) is 1. The van der Waals surface area contributed by atoms with Crippen LogP contribution in [0.15, 0.2) is 0 Å². The van der Waals surface area contributed by atoms with Crippen molar-refractivity contribution in [1.82, 2.24) is 5.32 Å². The minimum Gasteiger partial charge on any atom is -0.381 e. The number of nitriles is 1. The van der Waals surface area contributed by atoms with Crippen molar-refractivity contribution in [3.05, 3.63) is 0 Å². The second-order valence-corrected chi connectivity index (χ2v) is 4.16. The molecular formula is C10H16N2O. The first-order valence-electron chi connectivity index (χ1n) is 5.07. The summed E-state index contributed by atoms with van der Waals surface area (Å²) in [5, 5.41) is 12.6. The van der Waals surface area contributed by atoms with Crippen LogP contribution in [0.4, 0.5) is 0 Å². The van der Waals surface area contributed by atoms with Gasteiger partial charge in [0.25, 0.3) is 0 Å². The standard InChI is InChI=1S/C10H16N2O/c11-7-10(3-5-13-6-4-10)8-12-9-1-2-9/h9,12H,1-6,8H2. The topological polar surface area (TPSA) is 45.0 Å². The largest absolute Gasteiger partial charge is 0.381 e. The Morgan fingerprint density at radius 2 is 2.08 bits per heavy atom. The van der Waals surface area contributed by atoms with Gasteiger partial charge in [0.1, 0.15) is 0 Å². The van der Waals surface area contributed by atoms with Gasteiger partial charge in [-0.3, -0.25) is 0 Å². The van der Waals surface area contributed by atoms with E-state index in [1.54, 1.807) is 0 Å². The first-order chi connectivity index (χ1) is 6.35. The van der Waals surface area contributed by atoms with Crippen molar-refractivity contribution >= 4 is 0 Å². The molecule has 3 heteroatoms. The van der Waals surface area contributed by atoms with Gasteiger partial charge in [-0.1, -0.05) is 0 Å². The molecule has 0 amide bonds. The Hall–Kier alpha value is -0.590. The third-order valence-corrected chi connectivity index (χ3v) is 2.99. The van der Waals surface area contributed by atoms with E-state index in [2.05, 4.69) is 11.4 Å². The molecule has 1 heterocycles. The maximum absolute atomic E-state index is 9.13. The highest BCUT2D eigenvalue weighted by Gasteiger charge is 2.34. The molecule has 1 saturated carbocycles. The van der Waals surface area contributed by atoms with Gasteiger partial charge in [-0.25, -0.2) is 0 Å². The van der Waals surface area contributed by atoms with Crippen molar-refractivity contribution in [2.75, 3.05) is 19.8 Å². The van der Waals surface area contributed by atoms with Gasteiger partial charge in [-0.2, -0.15) is 5.26 Å². The SMILES string of the molecule is N#CC1(CNC2CC2)CCOCC1. The molecule has 0 radical (unpaired) electrons. The molecule has 0 spiro atoms. The lowest BCUT2D eigenvalue weighted by Gasteiger charge is -2.30. The second kappa shape index (κ2) is 3.65. The van der Waals surface area contributed by atoms with Crippen LogP contribution in [0.5, 0.6) is 0 Å². The highest BCUT2D eigenvalue weighted by Crippen LogP contribution is 2.30. The molecule has 0 aromatic heterocycles. The molecule has 0 atom stereocenters. The Balaban J connectivity index is 1.85. The lowest BCUT2D eigenvalue weighted by molar-refractivity contribution is 0.0404. The molecule has 0 aromatic rings. The van der Waals surface area contributed by atoms with E-state index < -0.39 is 0 Å². The quantitative estimate of drug-likeness (QED) is 0.706. The fourth-order valence-electron chi connectivity index (χ4n) is 1.72. The fraction of sp³-hybridized carbons (Fsp3) is 0.900. The van der Waals surface area contributed by atoms with E-state index in [4.69, 9.17) is 10.00 Å². The van der Waals surface area contributed by atoms with Crippen molar-refractivity contribution in [1.29, 1.82) is 5.26 Å². The van der Waals surface area contributed by atoms with Crippen LogP contribution in [0.1, 0.15) is 25.7 Å². The molecule has 72 valence electrons. The average Bonchev–Trinajstić information content (AvgIpc) is 3.00. The summed E-state index contributed by atoms with van der Waals surface area (Å²) in [6.45, 7) is 2.36. The molecule has 1 aliphatic carbocycles. The zero-order valence-electron chi connectivity index (χ0n) is 7.88. The maximum atomic E-state index is 9.13. The minimum atomic E-state index is -0.138. The van der Waals surface area contributed by atoms with Gasteiger partial charge in [0.2, 0.25) is 0 Å². The molecule has 0 aromatic carbocycles. The van der Waals surface area contributed by atoms with Crippen LogP contribution in [-0.4, -0.2) is 25.8 Å². The summed E-state index contributed by atoms with van der Waals surface area (Å²) in [7, 11) is 0. The molecule has 1 N–H and O–H groups in total. The van der Waals surface area contributed by atoms with Crippen LogP contribution in [-0.2, 0) is 4.74 Å². The zero-order valence-corrected chi connectivity index (χ0v) is 7.88. The summed E-state index contributed by atoms with van der Waals surface area (Å²) in [6, 6.07) is 3.16. The predicted octanol–water partition coefficient (Wildman–Crippen LogP) is 1.06. The highest BCUT2D eigenvalue weighted by atomic mass is 16.5. The van der Waals surface area contributed by atoms with E-state index in [-0.39, 0.29) is 5.41 Å². The molecule has 3 nitrogen and oxygen atoms in total. The van der Waals surface area contributed by atoms with Crippen molar-refractivity contribution in [3.63, 3.8) is 0 Å². The number of nitrogens with one attached hydrogen (secondary N) is 1. The van der Waals surface area contributed by atoms with Crippen molar-refractivity contribution in [3.8, 4) is 6.07 Å². The minimum absolute atomic E-state index is 0.138. The van der Waals surface area contributed by atoms with Crippen LogP contribution in [0.2, 0.25) is 0 Å². The highest BCUT2D eigenvalue weighted by molar-refractivity contribution is 5.02. The first-order valence-corrected chi connectivity index (χ1v) is 5.07. The van der Waals surface area contributed by atoms with Crippen LogP contribution in [0.25, 0.3) is 0 Å². The number of rotatable bonds is 3. The van der Waals surface area contributed by atoms with Crippen LogP contribution in [0, 0.1) is 16.7 Å². The summed E-state index contributed by atoms with van der Waals surface area (Å²) in [4.78, 5) is 0. The smallest absolute Gasteiger partial charge is 0.0742 e. The normalized spacial score (nSPS) is 26.7. The van der Waals surface area contributed by atoms with Gasteiger partial charge < -0.3 is 10.1 Å². The maximum Gasteiger partial charge on any atom is 0.0742 e. The van der Waals surface area contributed by atoms with Gasteiger partial charge in [0.15, 0.2) is 0 Å². The van der Waals surface area contributed by atoms with Crippen molar-refractivity contribution in [2.45, 2.75) is 31.7 Å². The van der Waals surface area contributed by atoms with E-state index in [0.717, 1.165) is 32.6 Å². The third-order valence-electron chi connectivity index (χ3n) is 2.99. The lowest BCUT2D eigenvalue weighted by atomic mass is 9.82. The monoisotopic (exact) mass is 180 g/mol.